The molecule has 190 valence electrons. The molecule has 35 heavy (non-hydrogen) atoms. The van der Waals surface area contributed by atoms with Crippen molar-refractivity contribution in [3.05, 3.63) is 69.5 Å². The summed E-state index contributed by atoms with van der Waals surface area (Å²) in [4.78, 5) is 32.8. The Balaban J connectivity index is 0.00000306. The number of aromatic nitrogens is 2. The van der Waals surface area contributed by atoms with Crippen molar-refractivity contribution < 1.29 is 13.9 Å². The first-order valence-corrected chi connectivity index (χ1v) is 10.4. The molecule has 1 atom stereocenters. The molecule has 0 radical (unpaired) electrons. The van der Waals surface area contributed by atoms with Gasteiger partial charge in [-0.05, 0) is 43.5 Å². The van der Waals surface area contributed by atoms with Gasteiger partial charge in [0.15, 0.2) is 17.4 Å². The number of rotatable bonds is 9. The molecule has 9 nitrogen and oxygen atoms in total. The first-order chi connectivity index (χ1) is 15.8. The average Bonchev–Trinajstić information content (AvgIpc) is 2.78. The van der Waals surface area contributed by atoms with E-state index in [9.17, 15) is 14.0 Å². The van der Waals surface area contributed by atoms with E-state index in [1.165, 1.54) is 17.7 Å². The van der Waals surface area contributed by atoms with Gasteiger partial charge in [-0.2, -0.15) is 0 Å². The van der Waals surface area contributed by atoms with Crippen LogP contribution in [0.25, 0.3) is 5.70 Å². The van der Waals surface area contributed by atoms with Gasteiger partial charge in [0.2, 0.25) is 6.41 Å². The van der Waals surface area contributed by atoms with E-state index < -0.39 is 11.4 Å². The highest BCUT2D eigenvalue weighted by Gasteiger charge is 2.26. The van der Waals surface area contributed by atoms with E-state index in [0.29, 0.717) is 41.9 Å². The number of nitrogens with one attached hydrogen (secondary N) is 2. The highest BCUT2D eigenvalue weighted by molar-refractivity contribution is 6.19. The van der Waals surface area contributed by atoms with Crippen LogP contribution in [-0.4, -0.2) is 48.0 Å². The van der Waals surface area contributed by atoms with Crippen molar-refractivity contribution in [2.24, 2.45) is 10.7 Å². The molecule has 0 saturated heterocycles. The van der Waals surface area contributed by atoms with Gasteiger partial charge in [-0.15, -0.1) is 24.8 Å². The number of carbonyl (C=O) groups is 1. The lowest BCUT2D eigenvalue weighted by atomic mass is 9.95. The molecule has 1 aromatic carbocycles. The molecule has 0 bridgehead atoms. The zero-order valence-corrected chi connectivity index (χ0v) is 21.3. The molecule has 2 aromatic rings. The molecule has 1 aromatic heterocycles. The molecule has 1 aliphatic rings. The Hall–Kier alpha value is -3.37. The van der Waals surface area contributed by atoms with Gasteiger partial charge in [-0.3, -0.25) is 19.1 Å². The highest BCUT2D eigenvalue weighted by Crippen LogP contribution is 2.27. The fourth-order valence-corrected chi connectivity index (χ4v) is 3.62. The second-order valence-corrected chi connectivity index (χ2v) is 7.58. The number of amides is 1. The van der Waals surface area contributed by atoms with E-state index in [1.807, 2.05) is 6.92 Å². The molecular weight excluding hydrogens is 498 g/mol. The van der Waals surface area contributed by atoms with Crippen molar-refractivity contribution in [2.75, 3.05) is 25.5 Å². The van der Waals surface area contributed by atoms with Crippen LogP contribution in [0.4, 0.5) is 10.2 Å². The molecule has 3 rings (SSSR count). The summed E-state index contributed by atoms with van der Waals surface area (Å²) in [6.07, 6.45) is 2.58. The SMILES string of the molecule is C=C1C(CNC=O)=C(n2c(C)cnc(NCCc3ccc(OC)c(F)c3)c2=O)C(N)=NC1C.Cl.Cl. The van der Waals surface area contributed by atoms with E-state index >= 15 is 0 Å². The topological polar surface area (TPSA) is 124 Å². The number of carbonyl (C=O) groups excluding carboxylic acids is 1. The number of dihydropyridines is 1. The summed E-state index contributed by atoms with van der Waals surface area (Å²) in [5.74, 6) is 0.0109. The van der Waals surface area contributed by atoms with E-state index in [2.05, 4.69) is 27.2 Å². The summed E-state index contributed by atoms with van der Waals surface area (Å²) in [6, 6.07) is 4.43. The van der Waals surface area contributed by atoms with Crippen LogP contribution in [0.15, 0.2) is 51.9 Å². The molecule has 1 aliphatic heterocycles. The van der Waals surface area contributed by atoms with Crippen molar-refractivity contribution in [3.63, 3.8) is 0 Å². The number of anilines is 1. The number of hydrogen-bond donors (Lipinski definition) is 3. The molecule has 2 heterocycles. The van der Waals surface area contributed by atoms with Crippen LogP contribution in [0.1, 0.15) is 18.2 Å². The quantitative estimate of drug-likeness (QED) is 0.431. The van der Waals surface area contributed by atoms with E-state index in [1.54, 1.807) is 25.3 Å². The predicted molar refractivity (Wildman–Crippen MR) is 140 cm³/mol. The number of benzene rings is 1. The Labute approximate surface area is 215 Å². The molecule has 0 saturated carbocycles. The Morgan fingerprint density at radius 1 is 1.34 bits per heavy atom. The Morgan fingerprint density at radius 3 is 2.69 bits per heavy atom. The molecule has 4 N–H and O–H groups in total. The predicted octanol–water partition coefficient (Wildman–Crippen LogP) is 2.47. The number of amidine groups is 1. The lowest BCUT2D eigenvalue weighted by molar-refractivity contribution is -0.109. The molecule has 0 fully saturated rings. The number of methoxy groups -OCH3 is 1. The van der Waals surface area contributed by atoms with Crippen molar-refractivity contribution in [2.45, 2.75) is 26.3 Å². The van der Waals surface area contributed by atoms with E-state index in [-0.39, 0.29) is 54.8 Å². The fourth-order valence-electron chi connectivity index (χ4n) is 3.62. The second kappa shape index (κ2) is 12.9. The van der Waals surface area contributed by atoms with Crippen LogP contribution in [0.2, 0.25) is 0 Å². The monoisotopic (exact) mass is 526 g/mol. The molecule has 1 unspecified atom stereocenters. The van der Waals surface area contributed by atoms with E-state index in [4.69, 9.17) is 10.5 Å². The van der Waals surface area contributed by atoms with Gasteiger partial charge in [-0.25, -0.2) is 9.37 Å². The van der Waals surface area contributed by atoms with Gasteiger partial charge >= 0.3 is 0 Å². The first kappa shape index (κ1) is 29.7. The number of hydrogen-bond acceptors (Lipinski definition) is 7. The number of nitrogens with zero attached hydrogens (tertiary/aromatic N) is 3. The Kier molecular flexibility index (Phi) is 10.9. The Morgan fingerprint density at radius 2 is 2.06 bits per heavy atom. The maximum atomic E-state index is 13.9. The van der Waals surface area contributed by atoms with Gasteiger partial charge in [0.1, 0.15) is 5.84 Å². The van der Waals surface area contributed by atoms with E-state index in [0.717, 1.165) is 5.56 Å². The number of aryl methyl sites for hydroxylation is 1. The molecular formula is C23H29Cl2FN6O3. The van der Waals surface area contributed by atoms with Gasteiger partial charge in [-0.1, -0.05) is 12.6 Å². The van der Waals surface area contributed by atoms with Crippen LogP contribution in [0.5, 0.6) is 5.75 Å². The van der Waals surface area contributed by atoms with Gasteiger partial charge in [0.25, 0.3) is 5.56 Å². The van der Waals surface area contributed by atoms with Gasteiger partial charge in [0, 0.05) is 30.6 Å². The molecule has 0 spiro atoms. The van der Waals surface area contributed by atoms with Crippen molar-refractivity contribution in [1.29, 1.82) is 0 Å². The van der Waals surface area contributed by atoms with Gasteiger partial charge < -0.3 is 21.1 Å². The third-order valence-electron chi connectivity index (χ3n) is 5.40. The molecule has 1 amide bonds. The summed E-state index contributed by atoms with van der Waals surface area (Å²) in [6.45, 7) is 8.13. The Bertz CT molecular complexity index is 1210. The fraction of sp³-hybridized carbons (Fsp3) is 0.304. The average molecular weight is 527 g/mol. The zero-order valence-electron chi connectivity index (χ0n) is 19.6. The van der Waals surface area contributed by atoms with Crippen molar-refractivity contribution in [1.82, 2.24) is 14.9 Å². The number of halogens is 3. The largest absolute Gasteiger partial charge is 0.494 e. The maximum Gasteiger partial charge on any atom is 0.298 e. The maximum absolute atomic E-state index is 13.9. The second-order valence-electron chi connectivity index (χ2n) is 7.58. The van der Waals surface area contributed by atoms with Crippen molar-refractivity contribution >= 4 is 48.6 Å². The highest BCUT2D eigenvalue weighted by atomic mass is 35.5. The zero-order chi connectivity index (χ0) is 24.1. The summed E-state index contributed by atoms with van der Waals surface area (Å²) in [7, 11) is 1.41. The summed E-state index contributed by atoms with van der Waals surface area (Å²) < 4.78 is 20.3. The van der Waals surface area contributed by atoms with Crippen LogP contribution >= 0.6 is 24.8 Å². The smallest absolute Gasteiger partial charge is 0.298 e. The summed E-state index contributed by atoms with van der Waals surface area (Å²) in [5.41, 5.74) is 8.74. The number of ether oxygens (including phenoxy) is 1. The standard InChI is InChI=1S/C23H27FN6O3.2ClH/c1-13-10-28-22(27-8-7-16-5-6-19(33-4)18(24)9-16)23(32)30(13)20-17(11-26-12-31)14(2)15(3)29-21(20)25;;/h5-6,9-10,12,15H,2,7-8,11H2,1,3-4H3,(H2,25,29)(H,26,31)(H,27,28);2*1H. The lowest BCUT2D eigenvalue weighted by Crippen LogP contribution is -2.37. The normalized spacial score (nSPS) is 14.9. The summed E-state index contributed by atoms with van der Waals surface area (Å²) >= 11 is 0. The van der Waals surface area contributed by atoms with Crippen LogP contribution in [0, 0.1) is 12.7 Å². The lowest BCUT2D eigenvalue weighted by Gasteiger charge is -2.27. The molecule has 12 heteroatoms. The van der Waals surface area contributed by atoms with Crippen molar-refractivity contribution in [3.8, 4) is 5.75 Å². The number of nitrogens with two attached hydrogens (primary N) is 1. The van der Waals surface area contributed by atoms with Crippen LogP contribution in [-0.2, 0) is 11.2 Å². The first-order valence-electron chi connectivity index (χ1n) is 10.4. The molecule has 0 aliphatic carbocycles. The third kappa shape index (κ3) is 6.40. The van der Waals surface area contributed by atoms with Crippen LogP contribution < -0.4 is 26.7 Å². The third-order valence-corrected chi connectivity index (χ3v) is 5.40. The minimum Gasteiger partial charge on any atom is -0.494 e. The van der Waals surface area contributed by atoms with Gasteiger partial charge in [0.05, 0.1) is 18.8 Å². The van der Waals surface area contributed by atoms with Crippen LogP contribution in [0.3, 0.4) is 0 Å². The number of aliphatic imine (C=N–C) groups is 1. The minimum absolute atomic E-state index is 0. The summed E-state index contributed by atoms with van der Waals surface area (Å²) in [5, 5.41) is 5.63. The minimum atomic E-state index is -0.448.